The SMILES string of the molecule is CC(C#N)CNCc1ccc2ccccc2c1. The zero-order chi connectivity index (χ0) is 12.1. The standard InChI is InChI=1S/C15H16N2/c1-12(9-16)10-17-11-13-6-7-14-4-2-3-5-15(14)8-13/h2-8,12,17H,10-11H2,1H3. The second-order valence-electron chi connectivity index (χ2n) is 4.34. The highest BCUT2D eigenvalue weighted by Crippen LogP contribution is 2.15. The molecule has 1 atom stereocenters. The minimum atomic E-state index is 0.0652. The van der Waals surface area contributed by atoms with Crippen molar-refractivity contribution < 1.29 is 0 Å². The molecule has 2 heteroatoms. The first kappa shape index (κ1) is 11.6. The minimum Gasteiger partial charge on any atom is -0.311 e. The molecule has 2 aromatic carbocycles. The van der Waals surface area contributed by atoms with Gasteiger partial charge in [0.25, 0.3) is 0 Å². The predicted octanol–water partition coefficient (Wildman–Crippen LogP) is 3.09. The molecule has 0 saturated heterocycles. The monoisotopic (exact) mass is 224 g/mol. The average molecular weight is 224 g/mol. The molecule has 2 rings (SSSR count). The molecule has 0 spiro atoms. The van der Waals surface area contributed by atoms with Crippen molar-refractivity contribution in [3.63, 3.8) is 0 Å². The number of fused-ring (bicyclic) bond motifs is 1. The van der Waals surface area contributed by atoms with Crippen LogP contribution in [-0.2, 0) is 6.54 Å². The fourth-order valence-corrected chi connectivity index (χ4v) is 1.83. The normalized spacial score (nSPS) is 12.2. The van der Waals surface area contributed by atoms with Gasteiger partial charge >= 0.3 is 0 Å². The molecule has 0 fully saturated rings. The lowest BCUT2D eigenvalue weighted by Crippen LogP contribution is -2.19. The van der Waals surface area contributed by atoms with Gasteiger partial charge in [-0.05, 0) is 29.3 Å². The van der Waals surface area contributed by atoms with Crippen LogP contribution in [0.25, 0.3) is 10.8 Å². The Morgan fingerprint density at radius 1 is 1.18 bits per heavy atom. The summed E-state index contributed by atoms with van der Waals surface area (Å²) in [6.07, 6.45) is 0. The topological polar surface area (TPSA) is 35.8 Å². The first-order valence-electron chi connectivity index (χ1n) is 5.87. The van der Waals surface area contributed by atoms with Crippen molar-refractivity contribution in [2.45, 2.75) is 13.5 Å². The van der Waals surface area contributed by atoms with Gasteiger partial charge in [-0.1, -0.05) is 36.4 Å². The zero-order valence-electron chi connectivity index (χ0n) is 9.98. The van der Waals surface area contributed by atoms with Crippen molar-refractivity contribution in [2.75, 3.05) is 6.54 Å². The molecule has 0 aliphatic carbocycles. The Kier molecular flexibility index (Phi) is 3.74. The van der Waals surface area contributed by atoms with Crippen LogP contribution in [0.5, 0.6) is 0 Å². The number of nitrogens with zero attached hydrogens (tertiary/aromatic N) is 1. The number of nitriles is 1. The van der Waals surface area contributed by atoms with E-state index in [1.165, 1.54) is 16.3 Å². The maximum atomic E-state index is 8.68. The lowest BCUT2D eigenvalue weighted by atomic mass is 10.1. The average Bonchev–Trinajstić information content (AvgIpc) is 2.38. The molecule has 0 aromatic heterocycles. The lowest BCUT2D eigenvalue weighted by molar-refractivity contribution is 0.602. The summed E-state index contributed by atoms with van der Waals surface area (Å²) in [6.45, 7) is 3.48. The van der Waals surface area contributed by atoms with E-state index in [4.69, 9.17) is 5.26 Å². The van der Waals surface area contributed by atoms with Gasteiger partial charge in [-0.3, -0.25) is 0 Å². The Morgan fingerprint density at radius 2 is 1.94 bits per heavy atom. The molecule has 0 aliphatic heterocycles. The highest BCUT2D eigenvalue weighted by molar-refractivity contribution is 5.82. The number of hydrogen-bond acceptors (Lipinski definition) is 2. The summed E-state index contributed by atoms with van der Waals surface area (Å²) in [4.78, 5) is 0. The number of hydrogen-bond donors (Lipinski definition) is 1. The van der Waals surface area contributed by atoms with Crippen LogP contribution >= 0.6 is 0 Å². The largest absolute Gasteiger partial charge is 0.311 e. The van der Waals surface area contributed by atoms with E-state index in [9.17, 15) is 0 Å². The van der Waals surface area contributed by atoms with Crippen LogP contribution in [0, 0.1) is 17.2 Å². The molecule has 86 valence electrons. The number of rotatable bonds is 4. The van der Waals surface area contributed by atoms with Gasteiger partial charge in [0.15, 0.2) is 0 Å². The molecule has 0 heterocycles. The molecular formula is C15H16N2. The van der Waals surface area contributed by atoms with Gasteiger partial charge in [0, 0.05) is 13.1 Å². The van der Waals surface area contributed by atoms with Crippen LogP contribution < -0.4 is 5.32 Å². The van der Waals surface area contributed by atoms with Crippen LogP contribution in [0.2, 0.25) is 0 Å². The van der Waals surface area contributed by atoms with E-state index in [0.29, 0.717) is 0 Å². The third-order valence-electron chi connectivity index (χ3n) is 2.81. The Hall–Kier alpha value is -1.85. The maximum Gasteiger partial charge on any atom is 0.0666 e. The Labute approximate surface area is 102 Å². The highest BCUT2D eigenvalue weighted by atomic mass is 14.9. The van der Waals surface area contributed by atoms with E-state index in [2.05, 4.69) is 53.9 Å². The molecule has 17 heavy (non-hydrogen) atoms. The summed E-state index contributed by atoms with van der Waals surface area (Å²) >= 11 is 0. The van der Waals surface area contributed by atoms with Crippen LogP contribution in [-0.4, -0.2) is 6.54 Å². The van der Waals surface area contributed by atoms with E-state index < -0.39 is 0 Å². The zero-order valence-corrected chi connectivity index (χ0v) is 9.98. The maximum absolute atomic E-state index is 8.68. The summed E-state index contributed by atoms with van der Waals surface area (Å²) in [6, 6.07) is 17.0. The summed E-state index contributed by atoms with van der Waals surface area (Å²) in [5, 5.41) is 14.5. The van der Waals surface area contributed by atoms with Gasteiger partial charge in [-0.25, -0.2) is 0 Å². The van der Waals surface area contributed by atoms with Gasteiger partial charge in [0.1, 0.15) is 0 Å². The van der Waals surface area contributed by atoms with Crippen molar-refractivity contribution in [1.82, 2.24) is 5.32 Å². The molecule has 0 bridgehead atoms. The summed E-state index contributed by atoms with van der Waals surface area (Å²) < 4.78 is 0. The molecule has 0 aliphatic rings. The molecule has 0 amide bonds. The summed E-state index contributed by atoms with van der Waals surface area (Å²) in [7, 11) is 0. The fourth-order valence-electron chi connectivity index (χ4n) is 1.83. The smallest absolute Gasteiger partial charge is 0.0666 e. The molecule has 1 N–H and O–H groups in total. The molecule has 2 aromatic rings. The van der Waals surface area contributed by atoms with Gasteiger partial charge in [-0.15, -0.1) is 0 Å². The van der Waals surface area contributed by atoms with Crippen molar-refractivity contribution in [3.8, 4) is 6.07 Å². The van der Waals surface area contributed by atoms with Gasteiger partial charge in [0.05, 0.1) is 12.0 Å². The Balaban J connectivity index is 2.02. The molecule has 0 radical (unpaired) electrons. The fraction of sp³-hybridized carbons (Fsp3) is 0.267. The van der Waals surface area contributed by atoms with E-state index in [-0.39, 0.29) is 5.92 Å². The highest BCUT2D eigenvalue weighted by Gasteiger charge is 1.99. The summed E-state index contributed by atoms with van der Waals surface area (Å²) in [5.74, 6) is 0.0652. The van der Waals surface area contributed by atoms with Gasteiger partial charge in [0.2, 0.25) is 0 Å². The first-order chi connectivity index (χ1) is 8.29. The molecular weight excluding hydrogens is 208 g/mol. The second-order valence-corrected chi connectivity index (χ2v) is 4.34. The van der Waals surface area contributed by atoms with Crippen LogP contribution in [0.15, 0.2) is 42.5 Å². The Bertz CT molecular complexity index is 540. The van der Waals surface area contributed by atoms with Crippen molar-refractivity contribution in [2.24, 2.45) is 5.92 Å². The molecule has 1 unspecified atom stereocenters. The lowest BCUT2D eigenvalue weighted by Gasteiger charge is -2.07. The van der Waals surface area contributed by atoms with E-state index in [1.54, 1.807) is 0 Å². The predicted molar refractivity (Wildman–Crippen MR) is 70.4 cm³/mol. The van der Waals surface area contributed by atoms with Crippen LogP contribution in [0.1, 0.15) is 12.5 Å². The van der Waals surface area contributed by atoms with E-state index in [1.807, 2.05) is 6.92 Å². The first-order valence-corrected chi connectivity index (χ1v) is 5.87. The molecule has 2 nitrogen and oxygen atoms in total. The van der Waals surface area contributed by atoms with Crippen LogP contribution in [0.3, 0.4) is 0 Å². The summed E-state index contributed by atoms with van der Waals surface area (Å²) in [5.41, 5.74) is 1.26. The Morgan fingerprint density at radius 3 is 2.71 bits per heavy atom. The number of benzene rings is 2. The number of nitrogens with one attached hydrogen (secondary N) is 1. The van der Waals surface area contributed by atoms with E-state index in [0.717, 1.165) is 13.1 Å². The molecule has 0 saturated carbocycles. The second kappa shape index (κ2) is 5.47. The van der Waals surface area contributed by atoms with Crippen molar-refractivity contribution in [3.05, 3.63) is 48.0 Å². The minimum absolute atomic E-state index is 0.0652. The van der Waals surface area contributed by atoms with Crippen molar-refractivity contribution >= 4 is 10.8 Å². The van der Waals surface area contributed by atoms with Crippen molar-refractivity contribution in [1.29, 1.82) is 5.26 Å². The third kappa shape index (κ3) is 3.05. The van der Waals surface area contributed by atoms with Gasteiger partial charge in [-0.2, -0.15) is 5.26 Å². The third-order valence-corrected chi connectivity index (χ3v) is 2.81. The van der Waals surface area contributed by atoms with Gasteiger partial charge < -0.3 is 5.32 Å². The van der Waals surface area contributed by atoms with Crippen LogP contribution in [0.4, 0.5) is 0 Å². The quantitative estimate of drug-likeness (QED) is 0.866. The van der Waals surface area contributed by atoms with E-state index >= 15 is 0 Å².